The molecular formula is C15H26N2O. The fourth-order valence-electron chi connectivity index (χ4n) is 1.91. The van der Waals surface area contributed by atoms with Crippen molar-refractivity contribution in [1.82, 2.24) is 10.3 Å². The molecule has 1 aromatic heterocycles. The molecular weight excluding hydrogens is 224 g/mol. The molecule has 0 aliphatic rings. The molecule has 102 valence electrons. The Labute approximate surface area is 111 Å². The molecule has 0 aliphatic heterocycles. The fourth-order valence-corrected chi connectivity index (χ4v) is 1.91. The van der Waals surface area contributed by atoms with Gasteiger partial charge in [-0.1, -0.05) is 33.1 Å². The van der Waals surface area contributed by atoms with Crippen molar-refractivity contribution in [1.29, 1.82) is 0 Å². The first-order chi connectivity index (χ1) is 8.80. The molecule has 0 unspecified atom stereocenters. The third kappa shape index (κ3) is 5.50. The lowest BCUT2D eigenvalue weighted by Crippen LogP contribution is -2.08. The monoisotopic (exact) mass is 250 g/mol. The fraction of sp³-hybridized carbons (Fsp3) is 0.667. The van der Waals surface area contributed by atoms with Crippen molar-refractivity contribution in [2.75, 3.05) is 13.7 Å². The van der Waals surface area contributed by atoms with Gasteiger partial charge in [-0.05, 0) is 31.5 Å². The highest BCUT2D eigenvalue weighted by Crippen LogP contribution is 2.14. The highest BCUT2D eigenvalue weighted by Gasteiger charge is 2.03. The summed E-state index contributed by atoms with van der Waals surface area (Å²) >= 11 is 0. The van der Waals surface area contributed by atoms with Crippen LogP contribution in [0, 0.1) is 0 Å². The van der Waals surface area contributed by atoms with Crippen LogP contribution in [0.2, 0.25) is 0 Å². The van der Waals surface area contributed by atoms with Gasteiger partial charge < -0.3 is 10.1 Å². The number of aromatic nitrogens is 1. The standard InChI is InChI=1S/C15H26N2O/c1-4-6-7-9-18-15-11-13(12-16-3)10-14(17-15)8-5-2/h10-11,16H,4-9,12H2,1-3H3. The van der Waals surface area contributed by atoms with Crippen molar-refractivity contribution in [3.8, 4) is 5.88 Å². The number of hydrogen-bond acceptors (Lipinski definition) is 3. The first-order valence-electron chi connectivity index (χ1n) is 7.07. The molecule has 0 aliphatic carbocycles. The van der Waals surface area contributed by atoms with Gasteiger partial charge in [0.25, 0.3) is 0 Å². The molecule has 1 aromatic rings. The van der Waals surface area contributed by atoms with Gasteiger partial charge in [0.15, 0.2) is 0 Å². The summed E-state index contributed by atoms with van der Waals surface area (Å²) in [6.07, 6.45) is 5.68. The maximum atomic E-state index is 5.74. The molecule has 0 radical (unpaired) electrons. The Morgan fingerprint density at radius 2 is 2.00 bits per heavy atom. The van der Waals surface area contributed by atoms with Crippen molar-refractivity contribution in [3.05, 3.63) is 23.4 Å². The minimum Gasteiger partial charge on any atom is -0.478 e. The van der Waals surface area contributed by atoms with E-state index in [0.29, 0.717) is 0 Å². The third-order valence-corrected chi connectivity index (χ3v) is 2.80. The van der Waals surface area contributed by atoms with Gasteiger partial charge in [0, 0.05) is 18.3 Å². The summed E-state index contributed by atoms with van der Waals surface area (Å²) in [6.45, 7) is 6.01. The lowest BCUT2D eigenvalue weighted by atomic mass is 10.1. The molecule has 1 heterocycles. The summed E-state index contributed by atoms with van der Waals surface area (Å²) in [5.74, 6) is 0.780. The van der Waals surface area contributed by atoms with Crippen molar-refractivity contribution in [2.45, 2.75) is 52.5 Å². The van der Waals surface area contributed by atoms with Crippen LogP contribution in [-0.4, -0.2) is 18.6 Å². The van der Waals surface area contributed by atoms with Crippen LogP contribution in [0.1, 0.15) is 50.8 Å². The number of unbranched alkanes of at least 4 members (excludes halogenated alkanes) is 2. The van der Waals surface area contributed by atoms with E-state index in [9.17, 15) is 0 Å². The number of ether oxygens (including phenoxy) is 1. The average Bonchev–Trinajstić information content (AvgIpc) is 2.35. The molecule has 0 spiro atoms. The summed E-state index contributed by atoms with van der Waals surface area (Å²) in [6, 6.07) is 4.21. The molecule has 0 bridgehead atoms. The summed E-state index contributed by atoms with van der Waals surface area (Å²) in [5.41, 5.74) is 2.39. The van der Waals surface area contributed by atoms with E-state index in [1.54, 1.807) is 0 Å². The maximum Gasteiger partial charge on any atom is 0.213 e. The van der Waals surface area contributed by atoms with Gasteiger partial charge in [-0.15, -0.1) is 0 Å². The van der Waals surface area contributed by atoms with Crippen molar-refractivity contribution < 1.29 is 4.74 Å². The zero-order valence-corrected chi connectivity index (χ0v) is 12.0. The van der Waals surface area contributed by atoms with Crippen LogP contribution in [0.3, 0.4) is 0 Å². The van der Waals surface area contributed by atoms with Gasteiger partial charge in [0.2, 0.25) is 5.88 Å². The van der Waals surface area contributed by atoms with E-state index in [1.807, 2.05) is 13.1 Å². The topological polar surface area (TPSA) is 34.1 Å². The number of nitrogens with one attached hydrogen (secondary N) is 1. The average molecular weight is 250 g/mol. The molecule has 0 saturated heterocycles. The Kier molecular flexibility index (Phi) is 7.42. The lowest BCUT2D eigenvalue weighted by Gasteiger charge is -2.09. The maximum absolute atomic E-state index is 5.74. The highest BCUT2D eigenvalue weighted by atomic mass is 16.5. The van der Waals surface area contributed by atoms with Crippen molar-refractivity contribution >= 4 is 0 Å². The predicted octanol–water partition coefficient (Wildman–Crippen LogP) is 3.32. The van der Waals surface area contributed by atoms with Crippen molar-refractivity contribution in [2.24, 2.45) is 0 Å². The number of hydrogen-bond donors (Lipinski definition) is 1. The Balaban J connectivity index is 2.63. The minimum absolute atomic E-state index is 0.773. The second-order valence-corrected chi connectivity index (χ2v) is 4.64. The zero-order chi connectivity index (χ0) is 13.2. The van der Waals surface area contributed by atoms with E-state index in [-0.39, 0.29) is 0 Å². The molecule has 3 heteroatoms. The molecule has 3 nitrogen and oxygen atoms in total. The van der Waals surface area contributed by atoms with Crippen LogP contribution in [-0.2, 0) is 13.0 Å². The Morgan fingerprint density at radius 1 is 1.17 bits per heavy atom. The smallest absolute Gasteiger partial charge is 0.213 e. The van der Waals surface area contributed by atoms with Gasteiger partial charge in [0.05, 0.1) is 6.61 Å². The quantitative estimate of drug-likeness (QED) is 0.683. The van der Waals surface area contributed by atoms with Gasteiger partial charge in [0.1, 0.15) is 0 Å². The van der Waals surface area contributed by atoms with E-state index in [4.69, 9.17) is 4.74 Å². The zero-order valence-electron chi connectivity index (χ0n) is 12.0. The predicted molar refractivity (Wildman–Crippen MR) is 76.0 cm³/mol. The second-order valence-electron chi connectivity index (χ2n) is 4.64. The van der Waals surface area contributed by atoms with Crippen LogP contribution >= 0.6 is 0 Å². The number of aryl methyl sites for hydroxylation is 1. The number of pyridine rings is 1. The number of rotatable bonds is 9. The van der Waals surface area contributed by atoms with Gasteiger partial charge >= 0.3 is 0 Å². The molecule has 0 atom stereocenters. The van der Waals surface area contributed by atoms with Gasteiger partial charge in [-0.3, -0.25) is 0 Å². The molecule has 0 aromatic carbocycles. The number of nitrogens with zero attached hydrogens (tertiary/aromatic N) is 1. The van der Waals surface area contributed by atoms with E-state index in [2.05, 4.69) is 30.2 Å². The molecule has 1 N–H and O–H groups in total. The summed E-state index contributed by atoms with van der Waals surface area (Å²) < 4.78 is 5.74. The Morgan fingerprint density at radius 3 is 2.67 bits per heavy atom. The van der Waals surface area contributed by atoms with Crippen LogP contribution < -0.4 is 10.1 Å². The first-order valence-corrected chi connectivity index (χ1v) is 7.07. The molecule has 0 fully saturated rings. The Bertz CT molecular complexity index is 315. The van der Waals surface area contributed by atoms with E-state index < -0.39 is 0 Å². The highest BCUT2D eigenvalue weighted by molar-refractivity contribution is 5.25. The lowest BCUT2D eigenvalue weighted by molar-refractivity contribution is 0.293. The summed E-state index contributed by atoms with van der Waals surface area (Å²) in [4.78, 5) is 4.55. The molecule has 18 heavy (non-hydrogen) atoms. The van der Waals surface area contributed by atoms with E-state index in [1.165, 1.54) is 18.4 Å². The summed E-state index contributed by atoms with van der Waals surface area (Å²) in [5, 5.41) is 3.17. The molecule has 0 amide bonds. The third-order valence-electron chi connectivity index (χ3n) is 2.80. The largest absolute Gasteiger partial charge is 0.478 e. The van der Waals surface area contributed by atoms with Crippen LogP contribution in [0.4, 0.5) is 0 Å². The first kappa shape index (κ1) is 15.0. The summed E-state index contributed by atoms with van der Waals surface area (Å²) in [7, 11) is 1.96. The molecule has 0 saturated carbocycles. The van der Waals surface area contributed by atoms with Crippen molar-refractivity contribution in [3.63, 3.8) is 0 Å². The SMILES string of the molecule is CCCCCOc1cc(CNC)cc(CCC)n1. The minimum atomic E-state index is 0.773. The van der Waals surface area contributed by atoms with Gasteiger partial charge in [-0.25, -0.2) is 4.98 Å². The molecule has 1 rings (SSSR count). The van der Waals surface area contributed by atoms with Gasteiger partial charge in [-0.2, -0.15) is 0 Å². The van der Waals surface area contributed by atoms with Crippen LogP contribution in [0.15, 0.2) is 12.1 Å². The Hall–Kier alpha value is -1.09. The van der Waals surface area contributed by atoms with Crippen LogP contribution in [0.5, 0.6) is 5.88 Å². The van der Waals surface area contributed by atoms with Crippen LogP contribution in [0.25, 0.3) is 0 Å². The second kappa shape index (κ2) is 8.92. The normalized spacial score (nSPS) is 10.6. The van der Waals surface area contributed by atoms with E-state index >= 15 is 0 Å². The van der Waals surface area contributed by atoms with E-state index in [0.717, 1.165) is 44.0 Å².